The Morgan fingerprint density at radius 1 is 0.722 bits per heavy atom. The number of halogens is 2. The molecule has 182 valence electrons. The smallest absolute Gasteiger partial charge is 0.247 e. The van der Waals surface area contributed by atoms with Crippen molar-refractivity contribution in [3.63, 3.8) is 0 Å². The third-order valence-corrected chi connectivity index (χ3v) is 6.49. The Morgan fingerprint density at radius 2 is 1.33 bits per heavy atom. The van der Waals surface area contributed by atoms with Crippen molar-refractivity contribution in [1.29, 1.82) is 0 Å². The van der Waals surface area contributed by atoms with Crippen molar-refractivity contribution in [2.45, 2.75) is 25.6 Å². The van der Waals surface area contributed by atoms with E-state index in [1.54, 1.807) is 23.1 Å². The molecule has 2 amide bonds. The molecule has 0 aromatic heterocycles. The van der Waals surface area contributed by atoms with Crippen LogP contribution in [0.2, 0.25) is 10.0 Å². The van der Waals surface area contributed by atoms with Crippen molar-refractivity contribution < 1.29 is 9.59 Å². The number of nitrogens with zero attached hydrogens (tertiary/aromatic N) is 1. The molecule has 0 spiro atoms. The first-order valence-electron chi connectivity index (χ1n) is 11.6. The number of benzene rings is 4. The normalized spacial score (nSPS) is 11.5. The highest BCUT2D eigenvalue weighted by molar-refractivity contribution is 6.31. The Kier molecular flexibility index (Phi) is 8.77. The predicted octanol–water partition coefficient (Wildman–Crippen LogP) is 6.62. The standard InChI is InChI=1S/C30H26Cl2N2O2/c31-26-17-15-22(16-18-26)19-28(35)34(21-23-9-3-1-4-10-23)29(24-11-5-2-6-12-24)30(36)33-20-25-13-7-8-14-27(25)32/h1-18,29H,19-21H2,(H,33,36). The first-order chi connectivity index (χ1) is 17.5. The van der Waals surface area contributed by atoms with Crippen LogP contribution < -0.4 is 5.32 Å². The molecule has 4 aromatic rings. The van der Waals surface area contributed by atoms with Gasteiger partial charge in [-0.3, -0.25) is 9.59 Å². The molecular formula is C30H26Cl2N2O2. The van der Waals surface area contributed by atoms with Crippen LogP contribution in [0.3, 0.4) is 0 Å². The van der Waals surface area contributed by atoms with E-state index in [-0.39, 0.29) is 31.3 Å². The summed E-state index contributed by atoms with van der Waals surface area (Å²) in [7, 11) is 0. The van der Waals surface area contributed by atoms with Crippen LogP contribution in [0.5, 0.6) is 0 Å². The van der Waals surface area contributed by atoms with Crippen LogP contribution in [0, 0.1) is 0 Å². The summed E-state index contributed by atoms with van der Waals surface area (Å²) >= 11 is 12.3. The quantitative estimate of drug-likeness (QED) is 0.271. The lowest BCUT2D eigenvalue weighted by atomic mass is 10.0. The number of carbonyl (C=O) groups is 2. The van der Waals surface area contributed by atoms with E-state index in [1.807, 2.05) is 91.0 Å². The molecule has 0 aliphatic rings. The first-order valence-corrected chi connectivity index (χ1v) is 12.4. The van der Waals surface area contributed by atoms with E-state index in [4.69, 9.17) is 23.2 Å². The number of hydrogen-bond donors (Lipinski definition) is 1. The minimum atomic E-state index is -0.825. The van der Waals surface area contributed by atoms with Crippen LogP contribution >= 0.6 is 23.2 Å². The van der Waals surface area contributed by atoms with Crippen molar-refractivity contribution >= 4 is 35.0 Å². The molecular weight excluding hydrogens is 491 g/mol. The Hall–Kier alpha value is -3.60. The molecule has 4 aromatic carbocycles. The summed E-state index contributed by atoms with van der Waals surface area (Å²) in [6, 6.07) is 32.8. The Labute approximate surface area is 221 Å². The van der Waals surface area contributed by atoms with Gasteiger partial charge in [0.2, 0.25) is 11.8 Å². The van der Waals surface area contributed by atoms with Gasteiger partial charge in [0, 0.05) is 23.1 Å². The van der Waals surface area contributed by atoms with Crippen molar-refractivity contribution in [2.24, 2.45) is 0 Å². The van der Waals surface area contributed by atoms with Gasteiger partial charge in [0.1, 0.15) is 6.04 Å². The average Bonchev–Trinajstić information content (AvgIpc) is 2.90. The van der Waals surface area contributed by atoms with E-state index >= 15 is 0 Å². The maximum atomic E-state index is 13.7. The summed E-state index contributed by atoms with van der Waals surface area (Å²) in [6.07, 6.45) is 0.144. The maximum absolute atomic E-state index is 13.7. The average molecular weight is 517 g/mol. The number of rotatable bonds is 9. The molecule has 36 heavy (non-hydrogen) atoms. The fraction of sp³-hybridized carbons (Fsp3) is 0.133. The van der Waals surface area contributed by atoms with Crippen LogP contribution in [0.1, 0.15) is 28.3 Å². The van der Waals surface area contributed by atoms with Gasteiger partial charge in [-0.15, -0.1) is 0 Å². The molecule has 4 nitrogen and oxygen atoms in total. The van der Waals surface area contributed by atoms with Gasteiger partial charge in [-0.1, -0.05) is 114 Å². The second-order valence-corrected chi connectivity index (χ2v) is 9.28. The topological polar surface area (TPSA) is 49.4 Å². The fourth-order valence-corrected chi connectivity index (χ4v) is 4.34. The molecule has 0 radical (unpaired) electrons. The molecule has 0 aliphatic heterocycles. The molecule has 0 aliphatic carbocycles. The molecule has 0 bridgehead atoms. The van der Waals surface area contributed by atoms with Gasteiger partial charge in [0.25, 0.3) is 0 Å². The third-order valence-electron chi connectivity index (χ3n) is 5.87. The largest absolute Gasteiger partial charge is 0.350 e. The van der Waals surface area contributed by atoms with Gasteiger partial charge in [0.15, 0.2) is 0 Å². The number of carbonyl (C=O) groups excluding carboxylic acids is 2. The Balaban J connectivity index is 1.66. The maximum Gasteiger partial charge on any atom is 0.247 e. The first kappa shape index (κ1) is 25.5. The molecule has 4 rings (SSSR count). The lowest BCUT2D eigenvalue weighted by Gasteiger charge is -2.32. The SMILES string of the molecule is O=C(NCc1ccccc1Cl)C(c1ccccc1)N(Cc1ccccc1)C(=O)Cc1ccc(Cl)cc1. The van der Waals surface area contributed by atoms with Crippen LogP contribution in [0.4, 0.5) is 0 Å². The predicted molar refractivity (Wildman–Crippen MR) is 145 cm³/mol. The summed E-state index contributed by atoms with van der Waals surface area (Å²) in [5.41, 5.74) is 3.29. The summed E-state index contributed by atoms with van der Waals surface area (Å²) in [5, 5.41) is 4.18. The molecule has 0 saturated carbocycles. The van der Waals surface area contributed by atoms with Gasteiger partial charge in [0.05, 0.1) is 6.42 Å². The van der Waals surface area contributed by atoms with Crippen molar-refractivity contribution in [3.05, 3.63) is 141 Å². The number of nitrogens with one attached hydrogen (secondary N) is 1. The summed E-state index contributed by atoms with van der Waals surface area (Å²) in [4.78, 5) is 29.1. The van der Waals surface area contributed by atoms with E-state index in [0.29, 0.717) is 10.0 Å². The number of amides is 2. The molecule has 6 heteroatoms. The lowest BCUT2D eigenvalue weighted by molar-refractivity contribution is -0.141. The summed E-state index contributed by atoms with van der Waals surface area (Å²) < 4.78 is 0. The van der Waals surface area contributed by atoms with Crippen molar-refractivity contribution in [2.75, 3.05) is 0 Å². The highest BCUT2D eigenvalue weighted by atomic mass is 35.5. The van der Waals surface area contributed by atoms with E-state index in [0.717, 1.165) is 22.3 Å². The van der Waals surface area contributed by atoms with E-state index in [9.17, 15) is 9.59 Å². The third kappa shape index (κ3) is 6.75. The monoisotopic (exact) mass is 516 g/mol. The van der Waals surface area contributed by atoms with Gasteiger partial charge in [-0.25, -0.2) is 0 Å². The minimum Gasteiger partial charge on any atom is -0.350 e. The minimum absolute atomic E-state index is 0.144. The lowest BCUT2D eigenvalue weighted by Crippen LogP contribution is -2.43. The number of hydrogen-bond acceptors (Lipinski definition) is 2. The van der Waals surface area contributed by atoms with Gasteiger partial charge in [-0.2, -0.15) is 0 Å². The second kappa shape index (κ2) is 12.4. The van der Waals surface area contributed by atoms with Crippen molar-refractivity contribution in [3.8, 4) is 0 Å². The van der Waals surface area contributed by atoms with Gasteiger partial charge < -0.3 is 10.2 Å². The van der Waals surface area contributed by atoms with Gasteiger partial charge in [-0.05, 0) is 40.5 Å². The Bertz CT molecular complexity index is 1300. The molecule has 0 heterocycles. The van der Waals surface area contributed by atoms with E-state index < -0.39 is 6.04 Å². The van der Waals surface area contributed by atoms with E-state index in [1.165, 1.54) is 0 Å². The zero-order valence-corrected chi connectivity index (χ0v) is 21.1. The molecule has 1 N–H and O–H groups in total. The highest BCUT2D eigenvalue weighted by Gasteiger charge is 2.31. The summed E-state index contributed by atoms with van der Waals surface area (Å²) in [6.45, 7) is 0.540. The molecule has 1 atom stereocenters. The van der Waals surface area contributed by atoms with Crippen LogP contribution in [-0.4, -0.2) is 16.7 Å². The van der Waals surface area contributed by atoms with E-state index in [2.05, 4.69) is 5.32 Å². The highest BCUT2D eigenvalue weighted by Crippen LogP contribution is 2.26. The van der Waals surface area contributed by atoms with Crippen LogP contribution in [0.25, 0.3) is 0 Å². The Morgan fingerprint density at radius 3 is 2.00 bits per heavy atom. The van der Waals surface area contributed by atoms with Crippen LogP contribution in [-0.2, 0) is 29.1 Å². The molecule has 0 fully saturated rings. The zero-order valence-electron chi connectivity index (χ0n) is 19.6. The van der Waals surface area contributed by atoms with Crippen molar-refractivity contribution in [1.82, 2.24) is 10.2 Å². The molecule has 1 unspecified atom stereocenters. The van der Waals surface area contributed by atoms with Gasteiger partial charge >= 0.3 is 0 Å². The zero-order chi connectivity index (χ0) is 25.3. The second-order valence-electron chi connectivity index (χ2n) is 8.43. The van der Waals surface area contributed by atoms with Crippen LogP contribution in [0.15, 0.2) is 109 Å². The fourth-order valence-electron chi connectivity index (χ4n) is 4.01. The molecule has 0 saturated heterocycles. The summed E-state index contributed by atoms with van der Waals surface area (Å²) in [5.74, 6) is -0.440.